The Morgan fingerprint density at radius 2 is 2.06 bits per heavy atom. The molecule has 3 aliphatic carbocycles. The Morgan fingerprint density at radius 1 is 1.33 bits per heavy atom. The predicted octanol–water partition coefficient (Wildman–Crippen LogP) is 2.41. The molecule has 0 aromatic heterocycles. The van der Waals surface area contributed by atoms with E-state index in [9.17, 15) is 9.59 Å². The van der Waals surface area contributed by atoms with Gasteiger partial charge in [-0.1, -0.05) is 24.3 Å². The van der Waals surface area contributed by atoms with Gasteiger partial charge in [-0.25, -0.2) is 0 Å². The Morgan fingerprint density at radius 3 is 2.78 bits per heavy atom. The maximum atomic E-state index is 12.1. The normalized spacial score (nSPS) is 28.9. The Labute approximate surface area is 106 Å². The lowest BCUT2D eigenvalue weighted by molar-refractivity contribution is -0.153. The van der Waals surface area contributed by atoms with E-state index in [2.05, 4.69) is 6.07 Å². The van der Waals surface area contributed by atoms with Crippen molar-refractivity contribution in [3.8, 4) is 0 Å². The minimum atomic E-state index is -0.273. The van der Waals surface area contributed by atoms with Crippen molar-refractivity contribution in [2.75, 3.05) is 6.61 Å². The lowest BCUT2D eigenvalue weighted by Crippen LogP contribution is -2.41. The molecule has 0 amide bonds. The molecule has 2 bridgehead atoms. The zero-order valence-electron chi connectivity index (χ0n) is 10.4. The molecule has 94 valence electrons. The summed E-state index contributed by atoms with van der Waals surface area (Å²) in [7, 11) is 0. The second-order valence-electron chi connectivity index (χ2n) is 5.07. The van der Waals surface area contributed by atoms with Gasteiger partial charge in [0.1, 0.15) is 5.78 Å². The van der Waals surface area contributed by atoms with Gasteiger partial charge < -0.3 is 4.74 Å². The van der Waals surface area contributed by atoms with E-state index >= 15 is 0 Å². The topological polar surface area (TPSA) is 43.4 Å². The van der Waals surface area contributed by atoms with Gasteiger partial charge in [-0.2, -0.15) is 0 Å². The Hall–Kier alpha value is -1.64. The molecule has 0 spiro atoms. The minimum Gasteiger partial charge on any atom is -0.466 e. The number of ketones is 1. The summed E-state index contributed by atoms with van der Waals surface area (Å²) in [5, 5.41) is 0. The van der Waals surface area contributed by atoms with Gasteiger partial charge >= 0.3 is 5.97 Å². The molecule has 3 heteroatoms. The van der Waals surface area contributed by atoms with E-state index in [1.807, 2.05) is 18.2 Å². The molecular weight excluding hydrogens is 228 g/mol. The number of carbonyl (C=O) groups is 2. The van der Waals surface area contributed by atoms with Crippen LogP contribution in [0.5, 0.6) is 0 Å². The molecule has 0 saturated heterocycles. The molecule has 1 saturated carbocycles. The number of fused-ring (bicyclic) bond motifs is 2. The fourth-order valence-corrected chi connectivity index (χ4v) is 3.39. The van der Waals surface area contributed by atoms with Crippen LogP contribution in [0.25, 0.3) is 0 Å². The largest absolute Gasteiger partial charge is 0.466 e. The van der Waals surface area contributed by atoms with Crippen molar-refractivity contribution in [2.24, 2.45) is 5.92 Å². The highest BCUT2D eigenvalue weighted by molar-refractivity contribution is 5.95. The van der Waals surface area contributed by atoms with Gasteiger partial charge in [-0.05, 0) is 30.4 Å². The highest BCUT2D eigenvalue weighted by Crippen LogP contribution is 2.50. The lowest BCUT2D eigenvalue weighted by Gasteiger charge is -2.41. The molecule has 0 aliphatic heterocycles. The summed E-state index contributed by atoms with van der Waals surface area (Å²) in [5.41, 5.74) is 2.30. The van der Waals surface area contributed by atoms with Crippen LogP contribution in [0.2, 0.25) is 0 Å². The van der Waals surface area contributed by atoms with Crippen molar-refractivity contribution >= 4 is 11.8 Å². The first-order valence-electron chi connectivity index (χ1n) is 6.50. The van der Waals surface area contributed by atoms with Crippen LogP contribution in [0, 0.1) is 5.92 Å². The number of carbonyl (C=O) groups excluding carboxylic acids is 2. The third kappa shape index (κ3) is 1.57. The summed E-state index contributed by atoms with van der Waals surface area (Å²) in [4.78, 5) is 24.1. The van der Waals surface area contributed by atoms with Crippen molar-refractivity contribution < 1.29 is 14.3 Å². The van der Waals surface area contributed by atoms with Crippen LogP contribution in [-0.2, 0) is 14.3 Å². The molecule has 4 rings (SSSR count). The number of rotatable bonds is 2. The van der Waals surface area contributed by atoms with E-state index in [-0.39, 0.29) is 29.5 Å². The molecule has 0 N–H and O–H groups in total. The molecule has 0 unspecified atom stereocenters. The molecule has 3 atom stereocenters. The van der Waals surface area contributed by atoms with E-state index in [1.165, 1.54) is 5.56 Å². The van der Waals surface area contributed by atoms with Gasteiger partial charge in [-0.3, -0.25) is 9.59 Å². The van der Waals surface area contributed by atoms with Gasteiger partial charge in [0.15, 0.2) is 0 Å². The van der Waals surface area contributed by atoms with Gasteiger partial charge in [0, 0.05) is 6.42 Å². The third-order valence-electron chi connectivity index (χ3n) is 4.10. The Balaban J connectivity index is 2.01. The maximum absolute atomic E-state index is 12.1. The molecule has 3 nitrogen and oxygen atoms in total. The lowest BCUT2D eigenvalue weighted by atomic mass is 9.61. The summed E-state index contributed by atoms with van der Waals surface area (Å²) in [6.45, 7) is 2.18. The van der Waals surface area contributed by atoms with Crippen molar-refractivity contribution in [1.82, 2.24) is 0 Å². The van der Waals surface area contributed by atoms with E-state index < -0.39 is 0 Å². The summed E-state index contributed by atoms with van der Waals surface area (Å²) >= 11 is 0. The van der Waals surface area contributed by atoms with Gasteiger partial charge in [-0.15, -0.1) is 0 Å². The SMILES string of the molecule is CCOC(=O)[C@H]1C[C@H]2CC(=O)[C@H]1c1ccccc12. The van der Waals surface area contributed by atoms with Crippen LogP contribution in [0.1, 0.15) is 42.7 Å². The van der Waals surface area contributed by atoms with Crippen LogP contribution < -0.4 is 0 Å². The minimum absolute atomic E-state index is 0.197. The second-order valence-corrected chi connectivity index (χ2v) is 5.07. The average molecular weight is 244 g/mol. The Bertz CT molecular complexity index is 506. The summed E-state index contributed by atoms with van der Waals surface area (Å²) in [5.74, 6) is -0.359. The monoisotopic (exact) mass is 244 g/mol. The molecule has 0 heterocycles. The molecule has 1 aromatic carbocycles. The van der Waals surface area contributed by atoms with Gasteiger partial charge in [0.05, 0.1) is 18.4 Å². The number of hydrogen-bond acceptors (Lipinski definition) is 3. The molecule has 1 aromatic rings. The Kier molecular flexibility index (Phi) is 2.69. The quantitative estimate of drug-likeness (QED) is 0.750. The van der Waals surface area contributed by atoms with Crippen molar-refractivity contribution in [3.63, 3.8) is 0 Å². The van der Waals surface area contributed by atoms with Crippen LogP contribution in [0.4, 0.5) is 0 Å². The van der Waals surface area contributed by atoms with Gasteiger partial charge in [0.25, 0.3) is 0 Å². The van der Waals surface area contributed by atoms with Crippen LogP contribution in [0.15, 0.2) is 24.3 Å². The van der Waals surface area contributed by atoms with Crippen LogP contribution in [-0.4, -0.2) is 18.4 Å². The van der Waals surface area contributed by atoms with E-state index in [0.717, 1.165) is 12.0 Å². The molecule has 1 fully saturated rings. The van der Waals surface area contributed by atoms with Crippen molar-refractivity contribution in [1.29, 1.82) is 0 Å². The molecule has 0 radical (unpaired) electrons. The van der Waals surface area contributed by atoms with Crippen LogP contribution >= 0.6 is 0 Å². The number of esters is 1. The zero-order chi connectivity index (χ0) is 12.7. The summed E-state index contributed by atoms with van der Waals surface area (Å²) in [6.07, 6.45) is 1.34. The predicted molar refractivity (Wildman–Crippen MR) is 66.3 cm³/mol. The zero-order valence-corrected chi connectivity index (χ0v) is 10.4. The average Bonchev–Trinajstić information content (AvgIpc) is 2.39. The molecule has 3 aliphatic rings. The maximum Gasteiger partial charge on any atom is 0.310 e. The van der Waals surface area contributed by atoms with Crippen molar-refractivity contribution in [3.05, 3.63) is 35.4 Å². The highest BCUT2D eigenvalue weighted by atomic mass is 16.5. The smallest absolute Gasteiger partial charge is 0.310 e. The van der Waals surface area contributed by atoms with E-state index in [1.54, 1.807) is 6.92 Å². The number of benzene rings is 1. The van der Waals surface area contributed by atoms with Crippen LogP contribution in [0.3, 0.4) is 0 Å². The fourth-order valence-electron chi connectivity index (χ4n) is 3.39. The second kappa shape index (κ2) is 4.23. The first-order chi connectivity index (χ1) is 8.72. The number of ether oxygens (including phenoxy) is 1. The first kappa shape index (κ1) is 11.5. The molecular formula is C15H16O3. The fraction of sp³-hybridized carbons (Fsp3) is 0.467. The van der Waals surface area contributed by atoms with Crippen molar-refractivity contribution in [2.45, 2.75) is 31.6 Å². The third-order valence-corrected chi connectivity index (χ3v) is 4.10. The number of Topliss-reactive ketones (excluding diaryl/α,β-unsaturated/α-hetero) is 1. The van der Waals surface area contributed by atoms with Gasteiger partial charge in [0.2, 0.25) is 0 Å². The van der Waals surface area contributed by atoms with E-state index in [4.69, 9.17) is 4.74 Å². The summed E-state index contributed by atoms with van der Waals surface area (Å²) < 4.78 is 5.11. The first-order valence-corrected chi connectivity index (χ1v) is 6.50. The number of hydrogen-bond donors (Lipinski definition) is 0. The highest BCUT2D eigenvalue weighted by Gasteiger charge is 2.48. The summed E-state index contributed by atoms with van der Waals surface area (Å²) in [6, 6.07) is 8.01. The van der Waals surface area contributed by atoms with E-state index in [0.29, 0.717) is 13.0 Å². The molecule has 18 heavy (non-hydrogen) atoms. The standard InChI is InChI=1S/C15H16O3/c1-2-18-15(17)12-7-9-8-13(16)14(12)11-6-4-3-5-10(9)11/h3-6,9,12,14H,2,7-8H2,1H3/t9-,12-,14-/m0/s1.